The van der Waals surface area contributed by atoms with Crippen molar-refractivity contribution < 1.29 is 22.7 Å². The SMILES string of the molecule is COc1ccc(C(NC(=O)CSc2ccc(C(F)(F)F)cn2)c2ccccc2)cc1. The predicted octanol–water partition coefficient (Wildman–Crippen LogP) is 5.11. The summed E-state index contributed by atoms with van der Waals surface area (Å²) in [4.78, 5) is 16.3. The topological polar surface area (TPSA) is 51.2 Å². The highest BCUT2D eigenvalue weighted by molar-refractivity contribution is 7.99. The number of carbonyl (C=O) groups excluding carboxylic acids is 1. The van der Waals surface area contributed by atoms with Crippen LogP contribution < -0.4 is 10.1 Å². The highest BCUT2D eigenvalue weighted by atomic mass is 32.2. The van der Waals surface area contributed by atoms with Gasteiger partial charge in [0.2, 0.25) is 5.91 Å². The molecule has 0 aliphatic rings. The molecule has 0 aliphatic heterocycles. The number of hydrogen-bond acceptors (Lipinski definition) is 4. The number of carbonyl (C=O) groups is 1. The first-order valence-corrected chi connectivity index (χ1v) is 9.99. The van der Waals surface area contributed by atoms with Crippen LogP contribution in [0.2, 0.25) is 0 Å². The van der Waals surface area contributed by atoms with E-state index in [0.717, 1.165) is 35.2 Å². The molecule has 1 heterocycles. The van der Waals surface area contributed by atoms with E-state index >= 15 is 0 Å². The van der Waals surface area contributed by atoms with Gasteiger partial charge in [-0.05, 0) is 35.4 Å². The van der Waals surface area contributed by atoms with E-state index in [1.807, 2.05) is 54.6 Å². The van der Waals surface area contributed by atoms with Gasteiger partial charge in [0.1, 0.15) is 5.75 Å². The summed E-state index contributed by atoms with van der Waals surface area (Å²) in [6.07, 6.45) is -3.67. The third-order valence-corrected chi connectivity index (χ3v) is 5.25. The second kappa shape index (κ2) is 9.67. The molecule has 8 heteroatoms. The monoisotopic (exact) mass is 432 g/mol. The average molecular weight is 432 g/mol. The number of aromatic nitrogens is 1. The molecular formula is C22H19F3N2O2S. The zero-order valence-corrected chi connectivity index (χ0v) is 16.8. The summed E-state index contributed by atoms with van der Waals surface area (Å²) >= 11 is 1.08. The number of rotatable bonds is 7. The highest BCUT2D eigenvalue weighted by Crippen LogP contribution is 2.30. The quantitative estimate of drug-likeness (QED) is 0.528. The number of nitrogens with zero attached hydrogens (tertiary/aromatic N) is 1. The Morgan fingerprint density at radius 2 is 1.70 bits per heavy atom. The third-order valence-electron chi connectivity index (χ3n) is 4.30. The summed E-state index contributed by atoms with van der Waals surface area (Å²) in [7, 11) is 1.58. The Morgan fingerprint density at radius 1 is 1.03 bits per heavy atom. The van der Waals surface area contributed by atoms with E-state index in [1.54, 1.807) is 7.11 Å². The van der Waals surface area contributed by atoms with Crippen molar-refractivity contribution in [1.29, 1.82) is 0 Å². The van der Waals surface area contributed by atoms with E-state index in [2.05, 4.69) is 10.3 Å². The Balaban J connectivity index is 1.69. The minimum absolute atomic E-state index is 0.0256. The molecule has 1 amide bonds. The fourth-order valence-corrected chi connectivity index (χ4v) is 3.43. The summed E-state index contributed by atoms with van der Waals surface area (Å²) < 4.78 is 43.1. The molecule has 30 heavy (non-hydrogen) atoms. The lowest BCUT2D eigenvalue weighted by Gasteiger charge is -2.20. The summed E-state index contributed by atoms with van der Waals surface area (Å²) in [6.45, 7) is 0. The molecule has 0 saturated heterocycles. The Bertz CT molecular complexity index is 962. The van der Waals surface area contributed by atoms with Crippen molar-refractivity contribution in [3.63, 3.8) is 0 Å². The normalized spacial score (nSPS) is 12.3. The Kier molecular flexibility index (Phi) is 6.99. The summed E-state index contributed by atoms with van der Waals surface area (Å²) in [5.41, 5.74) is 0.974. The Labute approximate surface area is 176 Å². The molecule has 156 valence electrons. The van der Waals surface area contributed by atoms with Crippen LogP contribution in [0.1, 0.15) is 22.7 Å². The molecule has 0 aliphatic carbocycles. The molecule has 0 spiro atoms. The number of alkyl halides is 3. The van der Waals surface area contributed by atoms with E-state index in [1.165, 1.54) is 6.07 Å². The number of thioether (sulfide) groups is 1. The van der Waals surface area contributed by atoms with Gasteiger partial charge in [0.05, 0.1) is 29.5 Å². The van der Waals surface area contributed by atoms with E-state index in [9.17, 15) is 18.0 Å². The Hall–Kier alpha value is -3.00. The highest BCUT2D eigenvalue weighted by Gasteiger charge is 2.30. The predicted molar refractivity (Wildman–Crippen MR) is 109 cm³/mol. The van der Waals surface area contributed by atoms with Crippen molar-refractivity contribution >= 4 is 17.7 Å². The van der Waals surface area contributed by atoms with Crippen LogP contribution in [0.4, 0.5) is 13.2 Å². The van der Waals surface area contributed by atoms with Crippen molar-refractivity contribution in [2.45, 2.75) is 17.2 Å². The van der Waals surface area contributed by atoms with Gasteiger partial charge in [0, 0.05) is 6.20 Å². The summed E-state index contributed by atoms with van der Waals surface area (Å²) in [5, 5.41) is 3.33. The fourth-order valence-electron chi connectivity index (χ4n) is 2.78. The van der Waals surface area contributed by atoms with Gasteiger partial charge in [-0.25, -0.2) is 4.98 Å². The average Bonchev–Trinajstić information content (AvgIpc) is 2.76. The van der Waals surface area contributed by atoms with Crippen LogP contribution in [-0.2, 0) is 11.0 Å². The maximum atomic E-state index is 12.6. The van der Waals surface area contributed by atoms with Gasteiger partial charge in [0.15, 0.2) is 0 Å². The molecule has 1 aromatic heterocycles. The maximum absolute atomic E-state index is 12.6. The molecular weight excluding hydrogens is 413 g/mol. The first-order valence-electron chi connectivity index (χ1n) is 9.01. The van der Waals surface area contributed by atoms with Gasteiger partial charge < -0.3 is 10.1 Å². The first kappa shape index (κ1) is 21.7. The molecule has 0 bridgehead atoms. The molecule has 1 N–H and O–H groups in total. The number of hydrogen-bond donors (Lipinski definition) is 1. The molecule has 0 radical (unpaired) electrons. The second-order valence-corrected chi connectivity index (χ2v) is 7.35. The van der Waals surface area contributed by atoms with Crippen molar-refractivity contribution in [2.24, 2.45) is 0 Å². The van der Waals surface area contributed by atoms with E-state index in [4.69, 9.17) is 4.74 Å². The molecule has 0 fully saturated rings. The number of halogens is 3. The maximum Gasteiger partial charge on any atom is 0.417 e. The summed E-state index contributed by atoms with van der Waals surface area (Å²) in [6, 6.07) is 18.7. The lowest BCUT2D eigenvalue weighted by molar-refractivity contribution is -0.137. The number of methoxy groups -OCH3 is 1. The van der Waals surface area contributed by atoms with Gasteiger partial charge in [0.25, 0.3) is 0 Å². The van der Waals surface area contributed by atoms with Crippen LogP contribution in [0.3, 0.4) is 0 Å². The number of nitrogens with one attached hydrogen (secondary N) is 1. The van der Waals surface area contributed by atoms with E-state index < -0.39 is 11.7 Å². The van der Waals surface area contributed by atoms with Crippen LogP contribution in [0.5, 0.6) is 5.75 Å². The minimum atomic E-state index is -4.44. The van der Waals surface area contributed by atoms with Gasteiger partial charge in [-0.15, -0.1) is 0 Å². The first-order chi connectivity index (χ1) is 14.4. The molecule has 3 rings (SSSR count). The fraction of sp³-hybridized carbons (Fsp3) is 0.182. The molecule has 1 atom stereocenters. The number of ether oxygens (including phenoxy) is 1. The molecule has 4 nitrogen and oxygen atoms in total. The van der Waals surface area contributed by atoms with Crippen molar-refractivity contribution in [3.05, 3.63) is 89.6 Å². The summed E-state index contributed by atoms with van der Waals surface area (Å²) in [5.74, 6) is 0.477. The number of amides is 1. The van der Waals surface area contributed by atoms with Crippen LogP contribution in [0, 0.1) is 0 Å². The lowest BCUT2D eigenvalue weighted by Crippen LogP contribution is -2.30. The van der Waals surface area contributed by atoms with Crippen molar-refractivity contribution in [1.82, 2.24) is 10.3 Å². The molecule has 2 aromatic carbocycles. The van der Waals surface area contributed by atoms with Crippen molar-refractivity contribution in [3.8, 4) is 5.75 Å². The zero-order chi connectivity index (χ0) is 21.6. The molecule has 1 unspecified atom stereocenters. The standard InChI is InChI=1S/C22H19F3N2O2S/c1-29-18-10-7-16(8-11-18)21(15-5-3-2-4-6-15)27-19(28)14-30-20-12-9-17(13-26-20)22(23,24)25/h2-13,21H,14H2,1H3,(H,27,28). The van der Waals surface area contributed by atoms with Crippen molar-refractivity contribution in [2.75, 3.05) is 12.9 Å². The molecule has 3 aromatic rings. The van der Waals surface area contributed by atoms with Crippen LogP contribution >= 0.6 is 11.8 Å². The second-order valence-electron chi connectivity index (χ2n) is 6.36. The van der Waals surface area contributed by atoms with Gasteiger partial charge >= 0.3 is 6.18 Å². The van der Waals surface area contributed by atoms with Crippen LogP contribution in [-0.4, -0.2) is 23.8 Å². The lowest BCUT2D eigenvalue weighted by atomic mass is 9.98. The third kappa shape index (κ3) is 5.76. The number of benzene rings is 2. The largest absolute Gasteiger partial charge is 0.497 e. The Morgan fingerprint density at radius 3 is 2.27 bits per heavy atom. The van der Waals surface area contributed by atoms with Gasteiger partial charge in [-0.1, -0.05) is 54.2 Å². The minimum Gasteiger partial charge on any atom is -0.497 e. The van der Waals surface area contributed by atoms with Crippen LogP contribution in [0.15, 0.2) is 78.0 Å². The zero-order valence-electron chi connectivity index (χ0n) is 16.0. The molecule has 0 saturated carbocycles. The number of pyridine rings is 1. The smallest absolute Gasteiger partial charge is 0.417 e. The van der Waals surface area contributed by atoms with E-state index in [0.29, 0.717) is 10.8 Å². The van der Waals surface area contributed by atoms with Gasteiger partial charge in [-0.2, -0.15) is 13.2 Å². The van der Waals surface area contributed by atoms with Gasteiger partial charge in [-0.3, -0.25) is 4.79 Å². The van der Waals surface area contributed by atoms with E-state index in [-0.39, 0.29) is 17.7 Å². The van der Waals surface area contributed by atoms with Crippen LogP contribution in [0.25, 0.3) is 0 Å².